The van der Waals surface area contributed by atoms with Crippen LogP contribution in [0.3, 0.4) is 0 Å². The first-order chi connectivity index (χ1) is 10.1. The second-order valence-corrected chi connectivity index (χ2v) is 5.35. The van der Waals surface area contributed by atoms with Crippen LogP contribution < -0.4 is 10.1 Å². The average molecular weight is 308 g/mol. The van der Waals surface area contributed by atoms with Crippen LogP contribution in [0.25, 0.3) is 0 Å². The number of methoxy groups -OCH3 is 1. The van der Waals surface area contributed by atoms with Gasteiger partial charge in [-0.1, -0.05) is 31.5 Å². The lowest BCUT2D eigenvalue weighted by atomic mass is 9.98. The summed E-state index contributed by atoms with van der Waals surface area (Å²) in [6, 6.07) is 5.99. The molecule has 0 saturated carbocycles. The standard InChI is InChI=1S/C16H22ClN3O/c1-5-14-12(10-20(3)19-14)16(18-6-2)11-7-8-13(17)15(9-11)21-4/h7-10,16,18H,5-6H2,1-4H3. The van der Waals surface area contributed by atoms with E-state index in [-0.39, 0.29) is 6.04 Å². The Labute approximate surface area is 131 Å². The molecular formula is C16H22ClN3O. The Balaban J connectivity index is 2.47. The van der Waals surface area contributed by atoms with Gasteiger partial charge in [0, 0.05) is 18.8 Å². The van der Waals surface area contributed by atoms with Crippen molar-refractivity contribution in [2.24, 2.45) is 7.05 Å². The van der Waals surface area contributed by atoms with Gasteiger partial charge in [-0.05, 0) is 30.7 Å². The maximum Gasteiger partial charge on any atom is 0.137 e. The molecule has 1 aromatic heterocycles. The van der Waals surface area contributed by atoms with Crippen molar-refractivity contribution in [3.8, 4) is 5.75 Å². The number of ether oxygens (including phenoxy) is 1. The topological polar surface area (TPSA) is 39.1 Å². The minimum atomic E-state index is 0.0878. The van der Waals surface area contributed by atoms with Crippen molar-refractivity contribution in [1.29, 1.82) is 0 Å². The Morgan fingerprint density at radius 3 is 2.76 bits per heavy atom. The van der Waals surface area contributed by atoms with Crippen molar-refractivity contribution in [3.05, 3.63) is 46.2 Å². The van der Waals surface area contributed by atoms with Gasteiger partial charge in [-0.3, -0.25) is 4.68 Å². The highest BCUT2D eigenvalue weighted by Gasteiger charge is 2.20. The van der Waals surface area contributed by atoms with Crippen LogP contribution >= 0.6 is 11.6 Å². The molecule has 2 rings (SSSR count). The van der Waals surface area contributed by atoms with Gasteiger partial charge in [0.1, 0.15) is 5.75 Å². The summed E-state index contributed by atoms with van der Waals surface area (Å²) in [5.74, 6) is 0.694. The summed E-state index contributed by atoms with van der Waals surface area (Å²) in [6.45, 7) is 5.09. The normalized spacial score (nSPS) is 12.4. The van der Waals surface area contributed by atoms with E-state index in [0.29, 0.717) is 10.8 Å². The van der Waals surface area contributed by atoms with Crippen molar-refractivity contribution in [2.45, 2.75) is 26.3 Å². The third-order valence-electron chi connectivity index (χ3n) is 3.50. The molecule has 1 N–H and O–H groups in total. The van der Waals surface area contributed by atoms with E-state index in [1.54, 1.807) is 7.11 Å². The van der Waals surface area contributed by atoms with Crippen LogP contribution in [0.2, 0.25) is 5.02 Å². The largest absolute Gasteiger partial charge is 0.495 e. The first-order valence-corrected chi connectivity index (χ1v) is 7.57. The van der Waals surface area contributed by atoms with Gasteiger partial charge in [0.05, 0.1) is 23.9 Å². The summed E-state index contributed by atoms with van der Waals surface area (Å²) >= 11 is 6.12. The summed E-state index contributed by atoms with van der Waals surface area (Å²) < 4.78 is 7.20. The minimum Gasteiger partial charge on any atom is -0.495 e. The van der Waals surface area contributed by atoms with Gasteiger partial charge >= 0.3 is 0 Å². The lowest BCUT2D eigenvalue weighted by Crippen LogP contribution is -2.22. The van der Waals surface area contributed by atoms with Crippen molar-refractivity contribution < 1.29 is 4.74 Å². The Hall–Kier alpha value is -1.52. The average Bonchev–Trinajstić information content (AvgIpc) is 2.86. The van der Waals surface area contributed by atoms with E-state index in [4.69, 9.17) is 16.3 Å². The Morgan fingerprint density at radius 2 is 2.14 bits per heavy atom. The SMILES string of the molecule is CCNC(c1ccc(Cl)c(OC)c1)c1cn(C)nc1CC. The molecule has 0 amide bonds. The van der Waals surface area contributed by atoms with Gasteiger partial charge < -0.3 is 10.1 Å². The predicted molar refractivity (Wildman–Crippen MR) is 86.1 cm³/mol. The number of hydrogen-bond acceptors (Lipinski definition) is 3. The fraction of sp³-hybridized carbons (Fsp3) is 0.438. The van der Waals surface area contributed by atoms with E-state index in [0.717, 1.165) is 24.2 Å². The molecule has 1 heterocycles. The van der Waals surface area contributed by atoms with E-state index in [1.165, 1.54) is 5.56 Å². The molecular weight excluding hydrogens is 286 g/mol. The monoisotopic (exact) mass is 307 g/mol. The van der Waals surface area contributed by atoms with E-state index < -0.39 is 0 Å². The number of aryl methyl sites for hydroxylation is 2. The van der Waals surface area contributed by atoms with Gasteiger partial charge in [-0.25, -0.2) is 0 Å². The van der Waals surface area contributed by atoms with E-state index >= 15 is 0 Å². The van der Waals surface area contributed by atoms with Crippen LogP contribution in [0.15, 0.2) is 24.4 Å². The van der Waals surface area contributed by atoms with Gasteiger partial charge in [0.25, 0.3) is 0 Å². The summed E-state index contributed by atoms with van der Waals surface area (Å²) in [6.07, 6.45) is 2.98. The highest BCUT2D eigenvalue weighted by Crippen LogP contribution is 2.31. The van der Waals surface area contributed by atoms with Crippen LogP contribution in [-0.2, 0) is 13.5 Å². The molecule has 1 unspecified atom stereocenters. The first-order valence-electron chi connectivity index (χ1n) is 7.19. The first kappa shape index (κ1) is 15.9. The van der Waals surface area contributed by atoms with E-state index in [2.05, 4.69) is 30.5 Å². The number of aromatic nitrogens is 2. The molecule has 0 saturated heterocycles. The van der Waals surface area contributed by atoms with Gasteiger partial charge in [0.2, 0.25) is 0 Å². The Kier molecular flexibility index (Phi) is 5.26. The molecule has 1 atom stereocenters. The molecule has 0 spiro atoms. The molecule has 0 aliphatic heterocycles. The zero-order valence-electron chi connectivity index (χ0n) is 13.0. The summed E-state index contributed by atoms with van der Waals surface area (Å²) in [7, 11) is 3.59. The molecule has 0 fully saturated rings. The third-order valence-corrected chi connectivity index (χ3v) is 3.81. The fourth-order valence-electron chi connectivity index (χ4n) is 2.54. The molecule has 2 aromatic rings. The molecule has 1 aromatic carbocycles. The molecule has 0 aliphatic carbocycles. The highest BCUT2D eigenvalue weighted by atomic mass is 35.5. The van der Waals surface area contributed by atoms with Crippen molar-refractivity contribution in [1.82, 2.24) is 15.1 Å². The Bertz CT molecular complexity index is 610. The smallest absolute Gasteiger partial charge is 0.137 e. The fourth-order valence-corrected chi connectivity index (χ4v) is 2.73. The molecule has 114 valence electrons. The zero-order valence-corrected chi connectivity index (χ0v) is 13.7. The predicted octanol–water partition coefficient (Wildman–Crippen LogP) is 3.34. The lowest BCUT2D eigenvalue weighted by Gasteiger charge is -2.19. The quantitative estimate of drug-likeness (QED) is 0.889. The number of hydrogen-bond donors (Lipinski definition) is 1. The lowest BCUT2D eigenvalue weighted by molar-refractivity contribution is 0.414. The van der Waals surface area contributed by atoms with Gasteiger partial charge in [0.15, 0.2) is 0 Å². The second kappa shape index (κ2) is 6.96. The van der Waals surface area contributed by atoms with Crippen LogP contribution in [0, 0.1) is 0 Å². The van der Waals surface area contributed by atoms with Crippen molar-refractivity contribution in [3.63, 3.8) is 0 Å². The number of benzene rings is 1. The second-order valence-electron chi connectivity index (χ2n) is 4.94. The van der Waals surface area contributed by atoms with Crippen molar-refractivity contribution >= 4 is 11.6 Å². The summed E-state index contributed by atoms with van der Waals surface area (Å²) in [5, 5.41) is 8.68. The minimum absolute atomic E-state index is 0.0878. The number of nitrogens with one attached hydrogen (secondary N) is 1. The maximum atomic E-state index is 6.12. The molecule has 4 nitrogen and oxygen atoms in total. The van der Waals surface area contributed by atoms with Gasteiger partial charge in [-0.15, -0.1) is 0 Å². The van der Waals surface area contributed by atoms with Crippen LogP contribution in [0.4, 0.5) is 0 Å². The van der Waals surface area contributed by atoms with Crippen LogP contribution in [0.1, 0.15) is 36.7 Å². The molecule has 0 radical (unpaired) electrons. The molecule has 5 heteroatoms. The Morgan fingerprint density at radius 1 is 1.38 bits per heavy atom. The van der Waals surface area contributed by atoms with E-state index in [1.807, 2.05) is 29.9 Å². The molecule has 0 aliphatic rings. The van der Waals surface area contributed by atoms with Crippen LogP contribution in [0.5, 0.6) is 5.75 Å². The third kappa shape index (κ3) is 3.39. The zero-order chi connectivity index (χ0) is 15.4. The van der Waals surface area contributed by atoms with E-state index in [9.17, 15) is 0 Å². The molecule has 21 heavy (non-hydrogen) atoms. The summed E-state index contributed by atoms with van der Waals surface area (Å²) in [5.41, 5.74) is 3.43. The number of rotatable bonds is 6. The van der Waals surface area contributed by atoms with Crippen LogP contribution in [-0.4, -0.2) is 23.4 Å². The summed E-state index contributed by atoms with van der Waals surface area (Å²) in [4.78, 5) is 0. The number of nitrogens with zero attached hydrogens (tertiary/aromatic N) is 2. The highest BCUT2D eigenvalue weighted by molar-refractivity contribution is 6.32. The van der Waals surface area contributed by atoms with Gasteiger partial charge in [-0.2, -0.15) is 5.10 Å². The van der Waals surface area contributed by atoms with Crippen molar-refractivity contribution in [2.75, 3.05) is 13.7 Å². The molecule has 0 bridgehead atoms. The maximum absolute atomic E-state index is 6.12. The number of halogens is 1.